The van der Waals surface area contributed by atoms with E-state index < -0.39 is 17.6 Å². The molecule has 2 aliphatic rings. The molecule has 1 aromatic rings. The Bertz CT molecular complexity index is 569. The Morgan fingerprint density at radius 1 is 1.32 bits per heavy atom. The summed E-state index contributed by atoms with van der Waals surface area (Å²) in [5.41, 5.74) is -0.826. The highest BCUT2D eigenvalue weighted by molar-refractivity contribution is 5.98. The van der Waals surface area contributed by atoms with E-state index >= 15 is 0 Å². The van der Waals surface area contributed by atoms with Gasteiger partial charge >= 0.3 is 5.97 Å². The molecule has 0 spiro atoms. The van der Waals surface area contributed by atoms with E-state index in [-0.39, 0.29) is 24.3 Å². The lowest BCUT2D eigenvalue weighted by molar-refractivity contribution is -0.159. The highest BCUT2D eigenvalue weighted by Gasteiger charge is 2.64. The maximum Gasteiger partial charge on any atom is 0.334 e. The highest BCUT2D eigenvalue weighted by Crippen LogP contribution is 2.51. The van der Waals surface area contributed by atoms with Crippen LogP contribution >= 0.6 is 0 Å². The van der Waals surface area contributed by atoms with E-state index in [0.29, 0.717) is 5.56 Å². The lowest BCUT2D eigenvalue weighted by Gasteiger charge is -2.39. The number of hydrogen-bond donors (Lipinski definition) is 2. The van der Waals surface area contributed by atoms with Gasteiger partial charge in [0.1, 0.15) is 0 Å². The molecule has 1 amide bonds. The van der Waals surface area contributed by atoms with Crippen molar-refractivity contribution in [3.63, 3.8) is 0 Å². The van der Waals surface area contributed by atoms with E-state index in [1.165, 1.54) is 0 Å². The Labute approximate surface area is 129 Å². The fourth-order valence-corrected chi connectivity index (χ4v) is 3.94. The van der Waals surface area contributed by atoms with Gasteiger partial charge in [-0.2, -0.15) is 0 Å². The van der Waals surface area contributed by atoms with E-state index in [4.69, 9.17) is 4.74 Å². The minimum atomic E-state index is -1.30. The van der Waals surface area contributed by atoms with Crippen molar-refractivity contribution in [1.82, 2.24) is 5.32 Å². The Hall–Kier alpha value is -1.88. The van der Waals surface area contributed by atoms with Gasteiger partial charge in [0.05, 0.1) is 12.7 Å². The Balaban J connectivity index is 1.90. The van der Waals surface area contributed by atoms with Crippen LogP contribution in [0.4, 0.5) is 0 Å². The van der Waals surface area contributed by atoms with E-state index in [2.05, 4.69) is 5.32 Å². The van der Waals surface area contributed by atoms with Gasteiger partial charge in [0.25, 0.3) is 5.91 Å². The number of esters is 1. The van der Waals surface area contributed by atoms with Crippen LogP contribution < -0.4 is 5.32 Å². The zero-order chi connectivity index (χ0) is 15.7. The monoisotopic (exact) mass is 303 g/mol. The predicted molar refractivity (Wildman–Crippen MR) is 80.1 cm³/mol. The molecule has 5 nitrogen and oxygen atoms in total. The Morgan fingerprint density at radius 3 is 2.64 bits per heavy atom. The number of benzene rings is 1. The summed E-state index contributed by atoms with van der Waals surface area (Å²) in [6, 6.07) is 8.73. The second kappa shape index (κ2) is 5.72. The van der Waals surface area contributed by atoms with Gasteiger partial charge < -0.3 is 15.2 Å². The molecule has 4 atom stereocenters. The van der Waals surface area contributed by atoms with Crippen molar-refractivity contribution in [3.05, 3.63) is 35.9 Å². The summed E-state index contributed by atoms with van der Waals surface area (Å²) in [5, 5.41) is 13.4. The second-order valence-corrected chi connectivity index (χ2v) is 6.12. The molecule has 0 aliphatic heterocycles. The van der Waals surface area contributed by atoms with Gasteiger partial charge in [0.2, 0.25) is 0 Å². The Kier molecular flexibility index (Phi) is 3.91. The molecule has 5 heteroatoms. The van der Waals surface area contributed by atoms with Gasteiger partial charge in [0.15, 0.2) is 5.54 Å². The van der Waals surface area contributed by atoms with Crippen molar-refractivity contribution in [2.24, 2.45) is 11.8 Å². The number of amides is 1. The van der Waals surface area contributed by atoms with E-state index in [1.807, 2.05) is 6.07 Å². The molecule has 2 fully saturated rings. The SMILES string of the molecule is CCOC(=O)[C@]1(NC(=O)c2ccccc2)[C@@H]2CC[C@@H](C2)[C@H]1O. The molecule has 2 saturated carbocycles. The molecule has 0 heterocycles. The van der Waals surface area contributed by atoms with Crippen LogP contribution in [-0.4, -0.2) is 35.2 Å². The first-order valence-corrected chi connectivity index (χ1v) is 7.82. The number of hydrogen-bond acceptors (Lipinski definition) is 4. The van der Waals surface area contributed by atoms with E-state index in [0.717, 1.165) is 19.3 Å². The van der Waals surface area contributed by atoms with E-state index in [1.54, 1.807) is 31.2 Å². The fraction of sp³-hybridized carbons (Fsp3) is 0.529. The van der Waals surface area contributed by atoms with Crippen molar-refractivity contribution in [3.8, 4) is 0 Å². The summed E-state index contributed by atoms with van der Waals surface area (Å²) in [5.74, 6) is -0.857. The highest BCUT2D eigenvalue weighted by atomic mass is 16.5. The molecule has 2 aliphatic carbocycles. The lowest BCUT2D eigenvalue weighted by Crippen LogP contribution is -2.65. The number of carbonyl (C=O) groups is 2. The van der Waals surface area contributed by atoms with Crippen LogP contribution in [0.1, 0.15) is 36.5 Å². The van der Waals surface area contributed by atoms with Crippen molar-refractivity contribution >= 4 is 11.9 Å². The van der Waals surface area contributed by atoms with Gasteiger partial charge in [-0.05, 0) is 50.2 Å². The van der Waals surface area contributed by atoms with Crippen molar-refractivity contribution in [2.75, 3.05) is 6.61 Å². The summed E-state index contributed by atoms with van der Waals surface area (Å²) in [7, 11) is 0. The second-order valence-electron chi connectivity index (χ2n) is 6.12. The minimum Gasteiger partial charge on any atom is -0.464 e. The molecule has 118 valence electrons. The van der Waals surface area contributed by atoms with Gasteiger partial charge in [-0.25, -0.2) is 4.79 Å². The average Bonchev–Trinajstić information content (AvgIpc) is 3.11. The normalized spacial score (nSPS) is 32.7. The molecule has 0 unspecified atom stereocenters. The van der Waals surface area contributed by atoms with Gasteiger partial charge in [-0.1, -0.05) is 18.2 Å². The number of fused-ring (bicyclic) bond motifs is 2. The predicted octanol–water partition coefficient (Wildman–Crippen LogP) is 1.51. The van der Waals surface area contributed by atoms with Crippen LogP contribution in [0.5, 0.6) is 0 Å². The first-order valence-electron chi connectivity index (χ1n) is 7.82. The maximum absolute atomic E-state index is 12.5. The zero-order valence-electron chi connectivity index (χ0n) is 12.6. The third kappa shape index (κ3) is 2.20. The summed E-state index contributed by atoms with van der Waals surface area (Å²) in [6.07, 6.45) is 1.61. The molecule has 0 saturated heterocycles. The largest absolute Gasteiger partial charge is 0.464 e. The lowest BCUT2D eigenvalue weighted by atomic mass is 9.78. The van der Waals surface area contributed by atoms with Crippen molar-refractivity contribution in [1.29, 1.82) is 0 Å². The topological polar surface area (TPSA) is 75.6 Å². The van der Waals surface area contributed by atoms with Crippen LogP contribution in [0.25, 0.3) is 0 Å². The maximum atomic E-state index is 12.5. The van der Waals surface area contributed by atoms with Gasteiger partial charge in [-0.3, -0.25) is 4.79 Å². The smallest absolute Gasteiger partial charge is 0.334 e. The number of aliphatic hydroxyl groups is 1. The summed E-state index contributed by atoms with van der Waals surface area (Å²) >= 11 is 0. The number of ether oxygens (including phenoxy) is 1. The molecule has 3 rings (SSSR count). The van der Waals surface area contributed by atoms with Crippen molar-refractivity contribution in [2.45, 2.75) is 37.8 Å². The van der Waals surface area contributed by atoms with Crippen molar-refractivity contribution < 1.29 is 19.4 Å². The van der Waals surface area contributed by atoms with E-state index in [9.17, 15) is 14.7 Å². The fourth-order valence-electron chi connectivity index (χ4n) is 3.94. The Morgan fingerprint density at radius 2 is 2.05 bits per heavy atom. The summed E-state index contributed by atoms with van der Waals surface area (Å²) in [4.78, 5) is 25.0. The van der Waals surface area contributed by atoms with Crippen LogP contribution in [0.3, 0.4) is 0 Å². The molecule has 2 N–H and O–H groups in total. The first-order chi connectivity index (χ1) is 10.6. The quantitative estimate of drug-likeness (QED) is 0.827. The summed E-state index contributed by atoms with van der Waals surface area (Å²) < 4.78 is 5.18. The molecule has 0 radical (unpaired) electrons. The molecule has 1 aromatic carbocycles. The standard InChI is InChI=1S/C17H21NO4/c1-2-22-16(21)17(13-9-8-12(10-13)14(17)19)18-15(20)11-6-4-3-5-7-11/h3-7,12-14,19H,2,8-10H2,1H3,(H,18,20)/t12-,13+,14+,17-/m0/s1. The number of aliphatic hydroxyl groups excluding tert-OH is 1. The van der Waals surface area contributed by atoms with Gasteiger partial charge in [0, 0.05) is 5.56 Å². The molecule has 22 heavy (non-hydrogen) atoms. The van der Waals surface area contributed by atoms with Crippen LogP contribution in [-0.2, 0) is 9.53 Å². The van der Waals surface area contributed by atoms with Crippen LogP contribution in [0, 0.1) is 11.8 Å². The minimum absolute atomic E-state index is 0.0563. The summed E-state index contributed by atoms with van der Waals surface area (Å²) in [6.45, 7) is 1.95. The number of carbonyl (C=O) groups excluding carboxylic acids is 2. The molecule has 0 aromatic heterocycles. The molecular formula is C17H21NO4. The van der Waals surface area contributed by atoms with Crippen LogP contribution in [0.15, 0.2) is 30.3 Å². The third-order valence-corrected chi connectivity index (χ3v) is 5.00. The average molecular weight is 303 g/mol. The number of rotatable bonds is 4. The van der Waals surface area contributed by atoms with Crippen LogP contribution in [0.2, 0.25) is 0 Å². The third-order valence-electron chi connectivity index (χ3n) is 5.00. The molecular weight excluding hydrogens is 282 g/mol. The number of nitrogens with one attached hydrogen (secondary N) is 1. The molecule has 2 bridgehead atoms. The van der Waals surface area contributed by atoms with Gasteiger partial charge in [-0.15, -0.1) is 0 Å². The first kappa shape index (κ1) is 15.0. The zero-order valence-corrected chi connectivity index (χ0v) is 12.6.